The summed E-state index contributed by atoms with van der Waals surface area (Å²) in [4.78, 5) is 27.4. The number of carbonyl (C=O) groups is 2. The highest BCUT2D eigenvalue weighted by molar-refractivity contribution is 6.42. The molecule has 0 saturated heterocycles. The van der Waals surface area contributed by atoms with Crippen LogP contribution in [0.4, 0.5) is 10.1 Å². The molecule has 144 valence electrons. The molecule has 2 amide bonds. The van der Waals surface area contributed by atoms with Crippen molar-refractivity contribution in [1.29, 1.82) is 0 Å². The zero-order valence-corrected chi connectivity index (χ0v) is 16.5. The SMILES string of the molecule is CN(CC(=O)N(C)CC(=O)Nc1ccc(Cl)c(Cl)c1)Cc1ccccc1F. The van der Waals surface area contributed by atoms with E-state index in [1.807, 2.05) is 0 Å². The molecule has 0 aliphatic carbocycles. The Morgan fingerprint density at radius 3 is 2.41 bits per heavy atom. The van der Waals surface area contributed by atoms with E-state index in [0.717, 1.165) is 0 Å². The molecule has 0 unspecified atom stereocenters. The predicted molar refractivity (Wildman–Crippen MR) is 105 cm³/mol. The maximum atomic E-state index is 13.7. The summed E-state index contributed by atoms with van der Waals surface area (Å²) in [7, 11) is 3.25. The number of nitrogens with one attached hydrogen (secondary N) is 1. The van der Waals surface area contributed by atoms with Crippen LogP contribution >= 0.6 is 23.2 Å². The first kappa shape index (κ1) is 21.2. The zero-order chi connectivity index (χ0) is 20.0. The van der Waals surface area contributed by atoms with Crippen molar-refractivity contribution >= 4 is 40.7 Å². The average Bonchev–Trinajstić information content (AvgIpc) is 2.60. The second kappa shape index (κ2) is 9.69. The van der Waals surface area contributed by atoms with E-state index in [2.05, 4.69) is 5.32 Å². The van der Waals surface area contributed by atoms with Gasteiger partial charge in [0.05, 0.1) is 23.1 Å². The van der Waals surface area contributed by atoms with Gasteiger partial charge < -0.3 is 10.2 Å². The van der Waals surface area contributed by atoms with Crippen molar-refractivity contribution in [3.05, 3.63) is 63.9 Å². The number of rotatable bonds is 7. The summed E-state index contributed by atoms with van der Waals surface area (Å²) >= 11 is 11.7. The molecule has 0 aromatic heterocycles. The Hall–Kier alpha value is -2.15. The smallest absolute Gasteiger partial charge is 0.243 e. The molecule has 2 aromatic rings. The van der Waals surface area contributed by atoms with Gasteiger partial charge in [0.25, 0.3) is 0 Å². The molecule has 0 aliphatic rings. The van der Waals surface area contributed by atoms with Gasteiger partial charge in [-0.15, -0.1) is 0 Å². The highest BCUT2D eigenvalue weighted by atomic mass is 35.5. The van der Waals surface area contributed by atoms with E-state index in [1.165, 1.54) is 24.1 Å². The van der Waals surface area contributed by atoms with Crippen molar-refractivity contribution in [3.63, 3.8) is 0 Å². The topological polar surface area (TPSA) is 52.7 Å². The van der Waals surface area contributed by atoms with Gasteiger partial charge in [0, 0.05) is 24.8 Å². The van der Waals surface area contributed by atoms with E-state index in [4.69, 9.17) is 23.2 Å². The third kappa shape index (κ3) is 6.50. The quantitative estimate of drug-likeness (QED) is 0.755. The van der Waals surface area contributed by atoms with E-state index < -0.39 is 0 Å². The number of amides is 2. The lowest BCUT2D eigenvalue weighted by Gasteiger charge is -2.22. The Labute approximate surface area is 167 Å². The maximum Gasteiger partial charge on any atom is 0.243 e. The molecule has 5 nitrogen and oxygen atoms in total. The molecule has 0 fully saturated rings. The fraction of sp³-hybridized carbons (Fsp3) is 0.263. The molecule has 0 saturated carbocycles. The molecular weight excluding hydrogens is 392 g/mol. The van der Waals surface area contributed by atoms with Crippen LogP contribution in [0.1, 0.15) is 5.56 Å². The summed E-state index contributed by atoms with van der Waals surface area (Å²) in [5.41, 5.74) is 1.000. The number of nitrogens with zero attached hydrogens (tertiary/aromatic N) is 2. The highest BCUT2D eigenvalue weighted by Crippen LogP contribution is 2.24. The first-order chi connectivity index (χ1) is 12.8. The van der Waals surface area contributed by atoms with Crippen LogP contribution in [-0.4, -0.2) is 48.8 Å². The maximum absolute atomic E-state index is 13.7. The Balaban J connectivity index is 1.84. The van der Waals surface area contributed by atoms with Gasteiger partial charge >= 0.3 is 0 Å². The number of anilines is 1. The number of carbonyl (C=O) groups excluding carboxylic acids is 2. The molecule has 1 N–H and O–H groups in total. The van der Waals surface area contributed by atoms with Crippen molar-refractivity contribution in [2.45, 2.75) is 6.54 Å². The first-order valence-corrected chi connectivity index (χ1v) is 8.92. The fourth-order valence-corrected chi connectivity index (χ4v) is 2.70. The van der Waals surface area contributed by atoms with Gasteiger partial charge in [-0.05, 0) is 31.3 Å². The Morgan fingerprint density at radius 1 is 1.04 bits per heavy atom. The molecule has 0 aliphatic heterocycles. The Bertz CT molecular complexity index is 832. The minimum absolute atomic E-state index is 0.0604. The minimum Gasteiger partial charge on any atom is -0.335 e. The van der Waals surface area contributed by atoms with Crippen LogP contribution in [0.3, 0.4) is 0 Å². The summed E-state index contributed by atoms with van der Waals surface area (Å²) in [6.07, 6.45) is 0. The number of likely N-dealkylation sites (N-methyl/N-ethyl adjacent to an activating group) is 2. The van der Waals surface area contributed by atoms with Crippen LogP contribution in [0.2, 0.25) is 10.0 Å². The Morgan fingerprint density at radius 2 is 1.74 bits per heavy atom. The normalized spacial score (nSPS) is 10.7. The van der Waals surface area contributed by atoms with E-state index in [1.54, 1.807) is 42.3 Å². The van der Waals surface area contributed by atoms with Crippen molar-refractivity contribution in [2.24, 2.45) is 0 Å². The summed E-state index contributed by atoms with van der Waals surface area (Å²) in [6.45, 7) is 0.235. The molecule has 0 radical (unpaired) electrons. The largest absolute Gasteiger partial charge is 0.335 e. The van der Waals surface area contributed by atoms with Crippen molar-refractivity contribution in [3.8, 4) is 0 Å². The van der Waals surface area contributed by atoms with Gasteiger partial charge in [-0.25, -0.2) is 4.39 Å². The van der Waals surface area contributed by atoms with Gasteiger partial charge in [0.1, 0.15) is 5.82 Å². The lowest BCUT2D eigenvalue weighted by Crippen LogP contribution is -2.40. The predicted octanol–water partition coefficient (Wildman–Crippen LogP) is 3.66. The zero-order valence-electron chi connectivity index (χ0n) is 15.0. The Kier molecular flexibility index (Phi) is 7.59. The standard InChI is InChI=1S/C19H20Cl2FN3O2/c1-24(10-13-5-3-4-6-17(13)22)12-19(27)25(2)11-18(26)23-14-7-8-15(20)16(21)9-14/h3-9H,10-12H2,1-2H3,(H,23,26). The van der Waals surface area contributed by atoms with E-state index >= 15 is 0 Å². The number of benzene rings is 2. The second-order valence-corrected chi connectivity index (χ2v) is 7.00. The molecule has 2 rings (SSSR count). The van der Waals surface area contributed by atoms with Gasteiger partial charge in [0.2, 0.25) is 11.8 Å². The molecule has 2 aromatic carbocycles. The molecule has 0 heterocycles. The molecular formula is C19H20Cl2FN3O2. The lowest BCUT2D eigenvalue weighted by atomic mass is 10.2. The van der Waals surface area contributed by atoms with Crippen LogP contribution < -0.4 is 5.32 Å². The number of hydrogen-bond donors (Lipinski definition) is 1. The van der Waals surface area contributed by atoms with Crippen LogP contribution in [0.15, 0.2) is 42.5 Å². The number of hydrogen-bond acceptors (Lipinski definition) is 3. The van der Waals surface area contributed by atoms with Gasteiger partial charge in [-0.1, -0.05) is 41.4 Å². The third-order valence-electron chi connectivity index (χ3n) is 3.81. The molecule has 0 spiro atoms. The lowest BCUT2D eigenvalue weighted by molar-refractivity contribution is -0.134. The van der Waals surface area contributed by atoms with Crippen LogP contribution in [0, 0.1) is 5.82 Å². The first-order valence-electron chi connectivity index (χ1n) is 8.17. The number of halogens is 3. The molecule has 0 bridgehead atoms. The van der Waals surface area contributed by atoms with Gasteiger partial charge in [0.15, 0.2) is 0 Å². The third-order valence-corrected chi connectivity index (χ3v) is 4.55. The van der Waals surface area contributed by atoms with Crippen molar-refractivity contribution < 1.29 is 14.0 Å². The van der Waals surface area contributed by atoms with Gasteiger partial charge in [-0.2, -0.15) is 0 Å². The summed E-state index contributed by atoms with van der Waals surface area (Å²) < 4.78 is 13.7. The van der Waals surface area contributed by atoms with Crippen molar-refractivity contribution in [2.75, 3.05) is 32.5 Å². The van der Waals surface area contributed by atoms with Crippen LogP contribution in [0.5, 0.6) is 0 Å². The summed E-state index contributed by atoms with van der Waals surface area (Å²) in [5.74, 6) is -0.926. The average molecular weight is 412 g/mol. The van der Waals surface area contributed by atoms with Crippen molar-refractivity contribution in [1.82, 2.24) is 9.80 Å². The van der Waals surface area contributed by atoms with E-state index in [0.29, 0.717) is 27.8 Å². The summed E-state index contributed by atoms with van der Waals surface area (Å²) in [5, 5.41) is 3.37. The van der Waals surface area contributed by atoms with E-state index in [-0.39, 0.29) is 30.7 Å². The highest BCUT2D eigenvalue weighted by Gasteiger charge is 2.16. The molecule has 8 heteroatoms. The van der Waals surface area contributed by atoms with Crippen LogP contribution in [-0.2, 0) is 16.1 Å². The fourth-order valence-electron chi connectivity index (χ4n) is 2.40. The molecule has 27 heavy (non-hydrogen) atoms. The minimum atomic E-state index is -0.360. The van der Waals surface area contributed by atoms with Gasteiger partial charge in [-0.3, -0.25) is 14.5 Å². The van der Waals surface area contributed by atoms with Crippen LogP contribution in [0.25, 0.3) is 0 Å². The monoisotopic (exact) mass is 411 g/mol. The molecule has 0 atom stereocenters. The van der Waals surface area contributed by atoms with E-state index in [9.17, 15) is 14.0 Å². The second-order valence-electron chi connectivity index (χ2n) is 6.19. The summed E-state index contributed by atoms with van der Waals surface area (Å²) in [6, 6.07) is 11.1.